The second-order valence-electron chi connectivity index (χ2n) is 9.63. The molecule has 1 fully saturated rings. The van der Waals surface area contributed by atoms with Crippen LogP contribution in [0, 0.1) is 35.5 Å². The third-order valence-electron chi connectivity index (χ3n) is 6.89. The number of phenolic OH excluding ortho intramolecular Hbond substituents is 1. The van der Waals surface area contributed by atoms with E-state index in [1.807, 2.05) is 25.9 Å². The normalized spacial score (nSPS) is 23.4. The van der Waals surface area contributed by atoms with Gasteiger partial charge in [-0.05, 0) is 56.1 Å². The molecule has 1 aromatic rings. The Hall–Kier alpha value is -2.98. The fourth-order valence-electron chi connectivity index (χ4n) is 5.46. The van der Waals surface area contributed by atoms with Crippen LogP contribution in [0.3, 0.4) is 0 Å². The number of carbonyl (C=O) groups is 4. The first-order valence-corrected chi connectivity index (χ1v) is 11.9. The highest BCUT2D eigenvalue weighted by Gasteiger charge is 2.52. The fourth-order valence-corrected chi connectivity index (χ4v) is 5.46. The predicted octanol–water partition coefficient (Wildman–Crippen LogP) is 2.72. The Morgan fingerprint density at radius 2 is 1.94 bits per heavy atom. The van der Waals surface area contributed by atoms with Gasteiger partial charge in [-0.2, -0.15) is 0 Å². The molecule has 34 heavy (non-hydrogen) atoms. The minimum absolute atomic E-state index is 0.111. The quantitative estimate of drug-likeness (QED) is 0.468. The van der Waals surface area contributed by atoms with Gasteiger partial charge < -0.3 is 15.1 Å². The molecule has 4 unspecified atom stereocenters. The first-order chi connectivity index (χ1) is 16.1. The Morgan fingerprint density at radius 3 is 2.53 bits per heavy atom. The molecule has 182 valence electrons. The van der Waals surface area contributed by atoms with Crippen LogP contribution in [-0.2, 0) is 20.8 Å². The van der Waals surface area contributed by atoms with E-state index < -0.39 is 35.1 Å². The van der Waals surface area contributed by atoms with Crippen molar-refractivity contribution in [3.63, 3.8) is 0 Å². The minimum Gasteiger partial charge on any atom is -0.506 e. The Balaban J connectivity index is 2.11. The van der Waals surface area contributed by atoms with Crippen molar-refractivity contribution in [2.24, 2.45) is 23.7 Å². The second-order valence-corrected chi connectivity index (χ2v) is 9.63. The second kappa shape index (κ2) is 10.5. The molecule has 0 saturated heterocycles. The van der Waals surface area contributed by atoms with Crippen LogP contribution in [0.2, 0.25) is 0 Å². The first-order valence-electron chi connectivity index (χ1n) is 11.9. The molecule has 0 spiro atoms. The topological polar surface area (TPSA) is 112 Å². The Bertz CT molecular complexity index is 1080. The van der Waals surface area contributed by atoms with E-state index in [0.29, 0.717) is 30.4 Å². The Labute approximate surface area is 200 Å². The number of aliphatic hydroxyl groups is 1. The Morgan fingerprint density at radius 1 is 1.24 bits per heavy atom. The maximum atomic E-state index is 13.7. The SMILES string of the molecule is CCCC#Cc1cc(N(C)C)c2c(c1O)C(=O)C1C(=O)C(C(=O)CC(C)=O)C(CCO)CC1C2. The number of fused-ring (bicyclic) bond motifs is 2. The summed E-state index contributed by atoms with van der Waals surface area (Å²) in [6.07, 6.45) is 2.22. The number of phenols is 1. The number of Topliss-reactive ketones (excluding diaryl/α,β-unsaturated/α-hetero) is 4. The highest BCUT2D eigenvalue weighted by atomic mass is 16.3. The van der Waals surface area contributed by atoms with Crippen LogP contribution >= 0.6 is 0 Å². The number of rotatable bonds is 7. The highest BCUT2D eigenvalue weighted by molar-refractivity contribution is 6.20. The van der Waals surface area contributed by atoms with Crippen LogP contribution in [0.15, 0.2) is 6.07 Å². The van der Waals surface area contributed by atoms with Crippen molar-refractivity contribution in [3.05, 3.63) is 22.8 Å². The number of unbranched alkanes of at least 4 members (excludes halogenated alkanes) is 1. The maximum Gasteiger partial charge on any atom is 0.177 e. The van der Waals surface area contributed by atoms with E-state index in [2.05, 4.69) is 11.8 Å². The van der Waals surface area contributed by atoms with Gasteiger partial charge in [-0.1, -0.05) is 18.8 Å². The van der Waals surface area contributed by atoms with E-state index in [4.69, 9.17) is 0 Å². The number of carbonyl (C=O) groups excluding carboxylic acids is 4. The maximum absolute atomic E-state index is 13.7. The average Bonchev–Trinajstić information content (AvgIpc) is 2.74. The molecule has 7 nitrogen and oxygen atoms in total. The summed E-state index contributed by atoms with van der Waals surface area (Å²) in [7, 11) is 3.70. The predicted molar refractivity (Wildman–Crippen MR) is 128 cm³/mol. The van der Waals surface area contributed by atoms with E-state index in [1.165, 1.54) is 6.92 Å². The number of aliphatic hydroxyl groups excluding tert-OH is 1. The van der Waals surface area contributed by atoms with Crippen LogP contribution in [0.25, 0.3) is 0 Å². The van der Waals surface area contributed by atoms with E-state index in [1.54, 1.807) is 6.07 Å². The number of benzene rings is 1. The van der Waals surface area contributed by atoms with Crippen molar-refractivity contribution in [3.8, 4) is 17.6 Å². The number of hydrogen-bond acceptors (Lipinski definition) is 7. The lowest BCUT2D eigenvalue weighted by atomic mass is 9.59. The molecular weight excluding hydrogens is 434 g/mol. The monoisotopic (exact) mass is 467 g/mol. The summed E-state index contributed by atoms with van der Waals surface area (Å²) in [6.45, 7) is 3.10. The van der Waals surface area contributed by atoms with Crippen LogP contribution in [0.4, 0.5) is 5.69 Å². The van der Waals surface area contributed by atoms with Crippen molar-refractivity contribution in [2.75, 3.05) is 25.6 Å². The van der Waals surface area contributed by atoms with E-state index in [0.717, 1.165) is 12.1 Å². The smallest absolute Gasteiger partial charge is 0.177 e. The molecule has 2 aliphatic carbocycles. The third-order valence-corrected chi connectivity index (χ3v) is 6.89. The molecule has 4 atom stereocenters. The summed E-state index contributed by atoms with van der Waals surface area (Å²) in [5.41, 5.74) is 1.90. The van der Waals surface area contributed by atoms with Crippen molar-refractivity contribution in [1.82, 2.24) is 0 Å². The van der Waals surface area contributed by atoms with Crippen molar-refractivity contribution < 1.29 is 29.4 Å². The van der Waals surface area contributed by atoms with Gasteiger partial charge in [-0.3, -0.25) is 19.2 Å². The van der Waals surface area contributed by atoms with Crippen LogP contribution in [0.1, 0.15) is 67.4 Å². The van der Waals surface area contributed by atoms with Crippen LogP contribution < -0.4 is 4.90 Å². The molecule has 0 heterocycles. The van der Waals surface area contributed by atoms with E-state index >= 15 is 0 Å². The van der Waals surface area contributed by atoms with E-state index in [-0.39, 0.29) is 42.5 Å². The Kier molecular flexibility index (Phi) is 7.93. The van der Waals surface area contributed by atoms with Crippen LogP contribution in [0.5, 0.6) is 5.75 Å². The average molecular weight is 468 g/mol. The number of aromatic hydroxyl groups is 1. The van der Waals surface area contributed by atoms with Gasteiger partial charge in [-0.25, -0.2) is 0 Å². The molecule has 0 amide bonds. The molecular formula is C27H33NO6. The van der Waals surface area contributed by atoms with Gasteiger partial charge >= 0.3 is 0 Å². The molecule has 0 bridgehead atoms. The molecule has 2 N–H and O–H groups in total. The molecule has 0 aromatic heterocycles. The zero-order valence-corrected chi connectivity index (χ0v) is 20.3. The number of nitrogens with zero attached hydrogens (tertiary/aromatic N) is 1. The lowest BCUT2D eigenvalue weighted by Gasteiger charge is -2.42. The summed E-state index contributed by atoms with van der Waals surface area (Å²) in [5.74, 6) is 1.02. The van der Waals surface area contributed by atoms with Gasteiger partial charge in [0.25, 0.3) is 0 Å². The number of ketones is 4. The molecule has 1 aromatic carbocycles. The van der Waals surface area contributed by atoms with Crippen LogP contribution in [-0.4, -0.2) is 54.0 Å². The summed E-state index contributed by atoms with van der Waals surface area (Å²) >= 11 is 0. The van der Waals surface area contributed by atoms with Gasteiger partial charge in [0.1, 0.15) is 11.5 Å². The summed E-state index contributed by atoms with van der Waals surface area (Å²) in [4.78, 5) is 53.5. The van der Waals surface area contributed by atoms with Crippen molar-refractivity contribution >= 4 is 28.8 Å². The van der Waals surface area contributed by atoms with Gasteiger partial charge in [0.05, 0.1) is 29.4 Å². The molecule has 7 heteroatoms. The number of anilines is 1. The zero-order valence-electron chi connectivity index (χ0n) is 20.3. The summed E-state index contributed by atoms with van der Waals surface area (Å²) < 4.78 is 0. The van der Waals surface area contributed by atoms with Gasteiger partial charge in [0.2, 0.25) is 0 Å². The third kappa shape index (κ3) is 4.78. The van der Waals surface area contributed by atoms with Gasteiger partial charge in [0, 0.05) is 32.8 Å². The van der Waals surface area contributed by atoms with Gasteiger partial charge in [0.15, 0.2) is 17.3 Å². The highest BCUT2D eigenvalue weighted by Crippen LogP contribution is 2.48. The van der Waals surface area contributed by atoms with Gasteiger partial charge in [-0.15, -0.1) is 0 Å². The van der Waals surface area contributed by atoms with Crippen molar-refractivity contribution in [2.45, 2.75) is 52.4 Å². The zero-order chi connectivity index (χ0) is 25.2. The summed E-state index contributed by atoms with van der Waals surface area (Å²) in [6, 6.07) is 1.78. The molecule has 3 rings (SSSR count). The fraction of sp³-hybridized carbons (Fsp3) is 0.556. The largest absolute Gasteiger partial charge is 0.506 e. The number of hydrogen-bond donors (Lipinski definition) is 2. The standard InChI is InChI=1S/C27H33NO6/c1-5-6-7-8-17-14-20(28(3)4)19-13-18-12-16(9-10-29)22(21(31)11-15(2)30)26(33)23(18)27(34)24(19)25(17)32/h14,16,18,22-23,29,32H,5-6,9-13H2,1-4H3. The first kappa shape index (κ1) is 25.6. The van der Waals surface area contributed by atoms with Crippen molar-refractivity contribution in [1.29, 1.82) is 0 Å². The molecule has 0 radical (unpaired) electrons. The molecule has 1 saturated carbocycles. The molecule has 2 aliphatic rings. The lowest BCUT2D eigenvalue weighted by molar-refractivity contribution is -0.142. The van der Waals surface area contributed by atoms with E-state index in [9.17, 15) is 29.4 Å². The lowest BCUT2D eigenvalue weighted by Crippen LogP contribution is -2.50. The molecule has 0 aliphatic heterocycles. The summed E-state index contributed by atoms with van der Waals surface area (Å²) in [5, 5.41) is 20.6. The minimum atomic E-state index is -1.09.